The molecule has 1 heteroatoms. The summed E-state index contributed by atoms with van der Waals surface area (Å²) in [6, 6.07) is 7.55. The molecule has 0 aliphatic rings. The Bertz CT molecular complexity index is 301. The molecule has 0 spiro atoms. The second-order valence-electron chi connectivity index (χ2n) is 3.08. The molecule has 1 rings (SSSR count). The van der Waals surface area contributed by atoms with Crippen molar-refractivity contribution in [2.75, 3.05) is 0 Å². The Morgan fingerprint density at radius 3 is 2.25 bits per heavy atom. The maximum absolute atomic E-state index is 9.65. The van der Waals surface area contributed by atoms with E-state index in [1.54, 1.807) is 6.92 Å². The second kappa shape index (κ2) is 3.00. The van der Waals surface area contributed by atoms with E-state index >= 15 is 0 Å². The molecule has 0 amide bonds. The van der Waals surface area contributed by atoms with E-state index in [0.717, 1.165) is 11.1 Å². The largest absolute Gasteiger partial charge is 0.374 e. The molecule has 1 N–H and O–H groups in total. The summed E-state index contributed by atoms with van der Waals surface area (Å²) in [5, 5.41) is 9.65. The molecule has 0 unspecified atom stereocenters. The van der Waals surface area contributed by atoms with Crippen molar-refractivity contribution in [3.8, 4) is 12.3 Å². The highest BCUT2D eigenvalue weighted by Crippen LogP contribution is 2.19. The zero-order valence-electron chi connectivity index (χ0n) is 7.33. The molecular formula is C11H12O. The summed E-state index contributed by atoms with van der Waals surface area (Å²) in [5.41, 5.74) is 0.774. The second-order valence-corrected chi connectivity index (χ2v) is 3.08. The van der Waals surface area contributed by atoms with Gasteiger partial charge in [-0.15, -0.1) is 6.42 Å². The Morgan fingerprint density at radius 1 is 1.33 bits per heavy atom. The number of aliphatic hydroxyl groups is 1. The van der Waals surface area contributed by atoms with E-state index < -0.39 is 5.60 Å². The Hall–Kier alpha value is -1.26. The molecule has 62 valence electrons. The van der Waals surface area contributed by atoms with Crippen molar-refractivity contribution in [3.63, 3.8) is 0 Å². The SMILES string of the molecule is C#C[C@@](C)(O)c1ccc(C)cc1. The van der Waals surface area contributed by atoms with Crippen LogP contribution in [-0.4, -0.2) is 5.11 Å². The number of hydrogen-bond acceptors (Lipinski definition) is 1. The lowest BCUT2D eigenvalue weighted by molar-refractivity contribution is 0.122. The van der Waals surface area contributed by atoms with Crippen LogP contribution in [0.5, 0.6) is 0 Å². The molecule has 0 bridgehead atoms. The number of terminal acetylenes is 1. The molecule has 0 aliphatic carbocycles. The fourth-order valence-electron chi connectivity index (χ4n) is 0.961. The summed E-state index contributed by atoms with van der Waals surface area (Å²) in [5.74, 6) is 2.33. The van der Waals surface area contributed by atoms with Crippen LogP contribution in [0.15, 0.2) is 24.3 Å². The normalized spacial score (nSPS) is 14.8. The van der Waals surface area contributed by atoms with Gasteiger partial charge in [0.05, 0.1) is 0 Å². The van der Waals surface area contributed by atoms with E-state index in [2.05, 4.69) is 5.92 Å². The minimum absolute atomic E-state index is 0.760. The highest BCUT2D eigenvalue weighted by Gasteiger charge is 2.18. The van der Waals surface area contributed by atoms with Gasteiger partial charge in [0.1, 0.15) is 5.60 Å². The summed E-state index contributed by atoms with van der Waals surface area (Å²) < 4.78 is 0. The zero-order chi connectivity index (χ0) is 9.19. The third-order valence-electron chi connectivity index (χ3n) is 1.89. The van der Waals surface area contributed by atoms with Crippen LogP contribution >= 0.6 is 0 Å². The van der Waals surface area contributed by atoms with Crippen LogP contribution in [0.2, 0.25) is 0 Å². The molecule has 1 nitrogen and oxygen atoms in total. The lowest BCUT2D eigenvalue weighted by Crippen LogP contribution is -2.17. The summed E-state index contributed by atoms with van der Waals surface area (Å²) in [6.45, 7) is 3.60. The Morgan fingerprint density at radius 2 is 1.83 bits per heavy atom. The van der Waals surface area contributed by atoms with Crippen molar-refractivity contribution < 1.29 is 5.11 Å². The number of hydrogen-bond donors (Lipinski definition) is 1. The van der Waals surface area contributed by atoms with Crippen LogP contribution in [0.1, 0.15) is 18.1 Å². The van der Waals surface area contributed by atoms with Crippen molar-refractivity contribution in [2.24, 2.45) is 0 Å². The highest BCUT2D eigenvalue weighted by molar-refractivity contribution is 5.31. The average molecular weight is 160 g/mol. The Balaban J connectivity index is 3.07. The van der Waals surface area contributed by atoms with Gasteiger partial charge < -0.3 is 5.11 Å². The maximum Gasteiger partial charge on any atom is 0.147 e. The van der Waals surface area contributed by atoms with E-state index in [-0.39, 0.29) is 0 Å². The molecule has 0 fully saturated rings. The Labute approximate surface area is 73.0 Å². The Kier molecular flexibility index (Phi) is 2.21. The van der Waals surface area contributed by atoms with Crippen LogP contribution in [-0.2, 0) is 5.60 Å². The predicted molar refractivity (Wildman–Crippen MR) is 49.6 cm³/mol. The third-order valence-corrected chi connectivity index (χ3v) is 1.89. The quantitative estimate of drug-likeness (QED) is 0.621. The number of aryl methyl sites for hydroxylation is 1. The minimum Gasteiger partial charge on any atom is -0.374 e. The highest BCUT2D eigenvalue weighted by atomic mass is 16.3. The van der Waals surface area contributed by atoms with Crippen molar-refractivity contribution in [3.05, 3.63) is 35.4 Å². The summed E-state index contributed by atoms with van der Waals surface area (Å²) in [4.78, 5) is 0. The van der Waals surface area contributed by atoms with Crippen molar-refractivity contribution in [2.45, 2.75) is 19.4 Å². The van der Waals surface area contributed by atoms with Crippen LogP contribution in [0.25, 0.3) is 0 Å². The van der Waals surface area contributed by atoms with Gasteiger partial charge in [0.25, 0.3) is 0 Å². The molecule has 12 heavy (non-hydrogen) atoms. The molecule has 0 radical (unpaired) electrons. The van der Waals surface area contributed by atoms with Gasteiger partial charge in [-0.1, -0.05) is 35.7 Å². The first kappa shape index (κ1) is 8.83. The van der Waals surface area contributed by atoms with Gasteiger partial charge in [0.15, 0.2) is 0 Å². The molecule has 1 aromatic carbocycles. The average Bonchev–Trinajstić information content (AvgIpc) is 2.05. The first-order valence-corrected chi connectivity index (χ1v) is 3.83. The van der Waals surface area contributed by atoms with Crippen LogP contribution in [0.4, 0.5) is 0 Å². The predicted octanol–water partition coefficient (Wildman–Crippen LogP) is 1.84. The van der Waals surface area contributed by atoms with Gasteiger partial charge in [0.2, 0.25) is 0 Å². The minimum atomic E-state index is -1.15. The molecule has 0 saturated heterocycles. The van der Waals surface area contributed by atoms with Gasteiger partial charge in [-0.25, -0.2) is 0 Å². The molecule has 0 saturated carbocycles. The van der Waals surface area contributed by atoms with E-state index in [1.807, 2.05) is 31.2 Å². The third kappa shape index (κ3) is 1.66. The van der Waals surface area contributed by atoms with Gasteiger partial charge >= 0.3 is 0 Å². The zero-order valence-corrected chi connectivity index (χ0v) is 7.33. The van der Waals surface area contributed by atoms with Crippen molar-refractivity contribution in [1.29, 1.82) is 0 Å². The summed E-state index contributed by atoms with van der Waals surface area (Å²) >= 11 is 0. The molecule has 0 heterocycles. The lowest BCUT2D eigenvalue weighted by atomic mass is 9.96. The number of benzene rings is 1. The standard InChI is InChI=1S/C11H12O/c1-4-11(3,12)10-7-5-9(2)6-8-10/h1,5-8,12H,2-3H3/t11-/m1/s1. The van der Waals surface area contributed by atoms with E-state index in [9.17, 15) is 5.11 Å². The molecule has 1 aromatic rings. The van der Waals surface area contributed by atoms with E-state index in [0.29, 0.717) is 0 Å². The molecule has 0 aromatic heterocycles. The first-order chi connectivity index (χ1) is 5.56. The molecule has 0 aliphatic heterocycles. The summed E-state index contributed by atoms with van der Waals surface area (Å²) in [7, 11) is 0. The molecule has 1 atom stereocenters. The van der Waals surface area contributed by atoms with Gasteiger partial charge in [0, 0.05) is 0 Å². The van der Waals surface area contributed by atoms with Crippen LogP contribution < -0.4 is 0 Å². The number of rotatable bonds is 1. The fraction of sp³-hybridized carbons (Fsp3) is 0.273. The van der Waals surface area contributed by atoms with Gasteiger partial charge in [-0.3, -0.25) is 0 Å². The smallest absolute Gasteiger partial charge is 0.147 e. The molecular weight excluding hydrogens is 148 g/mol. The van der Waals surface area contributed by atoms with Crippen LogP contribution in [0, 0.1) is 19.3 Å². The van der Waals surface area contributed by atoms with Crippen molar-refractivity contribution >= 4 is 0 Å². The maximum atomic E-state index is 9.65. The van der Waals surface area contributed by atoms with Crippen molar-refractivity contribution in [1.82, 2.24) is 0 Å². The topological polar surface area (TPSA) is 20.2 Å². The summed E-state index contributed by atoms with van der Waals surface area (Å²) in [6.07, 6.45) is 5.18. The van der Waals surface area contributed by atoms with Gasteiger partial charge in [-0.2, -0.15) is 0 Å². The van der Waals surface area contributed by atoms with Gasteiger partial charge in [-0.05, 0) is 19.4 Å². The van der Waals surface area contributed by atoms with E-state index in [1.165, 1.54) is 0 Å². The fourth-order valence-corrected chi connectivity index (χ4v) is 0.961. The van der Waals surface area contributed by atoms with Crippen LogP contribution in [0.3, 0.4) is 0 Å². The first-order valence-electron chi connectivity index (χ1n) is 3.83. The monoisotopic (exact) mass is 160 g/mol. The lowest BCUT2D eigenvalue weighted by Gasteiger charge is -2.16. The van der Waals surface area contributed by atoms with E-state index in [4.69, 9.17) is 6.42 Å².